The van der Waals surface area contributed by atoms with Crippen LogP contribution in [0, 0.1) is 6.92 Å². The molecular formula is C17H20N2OS. The third kappa shape index (κ3) is 2.33. The Hall–Kier alpha value is -1.81. The Morgan fingerprint density at radius 2 is 2.10 bits per heavy atom. The monoisotopic (exact) mass is 300 g/mol. The number of nitrogens with one attached hydrogen (secondary N) is 1. The number of anilines is 1. The topological polar surface area (TPSA) is 32.3 Å². The summed E-state index contributed by atoms with van der Waals surface area (Å²) < 4.78 is 0. The van der Waals surface area contributed by atoms with Crippen molar-refractivity contribution >= 4 is 22.9 Å². The number of nitrogens with zero attached hydrogens (tertiary/aromatic N) is 1. The van der Waals surface area contributed by atoms with Crippen molar-refractivity contribution in [3.05, 3.63) is 51.7 Å². The Bertz CT molecular complexity index is 664. The van der Waals surface area contributed by atoms with Gasteiger partial charge in [0.05, 0.1) is 10.4 Å². The predicted octanol–water partition coefficient (Wildman–Crippen LogP) is 4.42. The normalized spacial score (nSPS) is 19.1. The van der Waals surface area contributed by atoms with E-state index in [0.717, 1.165) is 17.7 Å². The fraction of sp³-hybridized carbons (Fsp3) is 0.353. The number of carbonyl (C=O) groups excluding carboxylic acids is 1. The minimum absolute atomic E-state index is 0.0673. The molecule has 0 bridgehead atoms. The summed E-state index contributed by atoms with van der Waals surface area (Å²) in [6, 6.07) is 10.1. The number of rotatable bonds is 3. The molecule has 1 aliphatic rings. The molecule has 2 atom stereocenters. The minimum atomic E-state index is -0.0673. The minimum Gasteiger partial charge on any atom is -0.360 e. The maximum atomic E-state index is 12.9. The molecule has 110 valence electrons. The largest absolute Gasteiger partial charge is 0.360 e. The van der Waals surface area contributed by atoms with E-state index in [4.69, 9.17) is 0 Å². The average Bonchev–Trinajstić information content (AvgIpc) is 2.92. The summed E-state index contributed by atoms with van der Waals surface area (Å²) in [5, 5.41) is 5.64. The van der Waals surface area contributed by atoms with Crippen molar-refractivity contribution in [3.63, 3.8) is 0 Å². The molecular weight excluding hydrogens is 280 g/mol. The van der Waals surface area contributed by atoms with Gasteiger partial charge < -0.3 is 10.2 Å². The predicted molar refractivity (Wildman–Crippen MR) is 87.8 cm³/mol. The van der Waals surface area contributed by atoms with Crippen molar-refractivity contribution in [3.8, 4) is 0 Å². The lowest BCUT2D eigenvalue weighted by Gasteiger charge is -2.41. The number of aryl methyl sites for hydroxylation is 1. The molecule has 1 aromatic carbocycles. The van der Waals surface area contributed by atoms with E-state index in [-0.39, 0.29) is 18.1 Å². The van der Waals surface area contributed by atoms with Crippen LogP contribution in [0.15, 0.2) is 35.7 Å². The van der Waals surface area contributed by atoms with Gasteiger partial charge in [0.2, 0.25) is 0 Å². The summed E-state index contributed by atoms with van der Waals surface area (Å²) in [6.07, 6.45) is 0.874. The number of para-hydroxylation sites is 1. The van der Waals surface area contributed by atoms with Crippen LogP contribution >= 0.6 is 11.3 Å². The molecule has 0 saturated carbocycles. The average molecular weight is 300 g/mol. The lowest BCUT2D eigenvalue weighted by Crippen LogP contribution is -2.47. The molecule has 0 spiro atoms. The van der Waals surface area contributed by atoms with Gasteiger partial charge in [-0.1, -0.05) is 19.1 Å². The number of benzene rings is 1. The first kappa shape index (κ1) is 14.1. The van der Waals surface area contributed by atoms with E-state index < -0.39 is 0 Å². The maximum Gasteiger partial charge on any atom is 0.258 e. The van der Waals surface area contributed by atoms with Gasteiger partial charge in [-0.05, 0) is 49.4 Å². The van der Waals surface area contributed by atoms with E-state index in [0.29, 0.717) is 0 Å². The molecule has 1 N–H and O–H groups in total. The van der Waals surface area contributed by atoms with Gasteiger partial charge in [-0.25, -0.2) is 0 Å². The van der Waals surface area contributed by atoms with Crippen LogP contribution in [0.2, 0.25) is 0 Å². The van der Waals surface area contributed by atoms with Gasteiger partial charge >= 0.3 is 0 Å². The van der Waals surface area contributed by atoms with E-state index in [1.807, 2.05) is 29.2 Å². The highest BCUT2D eigenvalue weighted by molar-refractivity contribution is 7.10. The Morgan fingerprint density at radius 3 is 2.76 bits per heavy atom. The standard InChI is InChI=1S/C17H20N2OS/c1-4-12(3)19-16(15-11(2)9-10-21-15)18-14-8-6-5-7-13(14)17(19)20/h5-10,12,16,18H,4H2,1-3H3/t12-,16-/m1/s1. The maximum absolute atomic E-state index is 12.9. The van der Waals surface area contributed by atoms with Crippen LogP contribution in [0.25, 0.3) is 0 Å². The van der Waals surface area contributed by atoms with Crippen LogP contribution in [0.3, 0.4) is 0 Å². The third-order valence-corrected chi connectivity index (χ3v) is 5.25. The van der Waals surface area contributed by atoms with Crippen LogP contribution in [-0.4, -0.2) is 16.8 Å². The zero-order valence-electron chi connectivity index (χ0n) is 12.6. The van der Waals surface area contributed by atoms with Crippen molar-refractivity contribution < 1.29 is 4.79 Å². The zero-order chi connectivity index (χ0) is 15.0. The van der Waals surface area contributed by atoms with Gasteiger partial charge in [0.1, 0.15) is 6.17 Å². The lowest BCUT2D eigenvalue weighted by atomic mass is 10.0. The molecule has 4 heteroatoms. The van der Waals surface area contributed by atoms with Crippen LogP contribution < -0.4 is 5.32 Å². The molecule has 3 rings (SSSR count). The molecule has 2 aromatic rings. The summed E-state index contributed by atoms with van der Waals surface area (Å²) in [4.78, 5) is 16.1. The summed E-state index contributed by atoms with van der Waals surface area (Å²) in [6.45, 7) is 6.34. The fourth-order valence-electron chi connectivity index (χ4n) is 2.78. The second-order valence-electron chi connectivity index (χ2n) is 5.53. The molecule has 1 aromatic heterocycles. The van der Waals surface area contributed by atoms with Crippen LogP contribution in [0.4, 0.5) is 5.69 Å². The van der Waals surface area contributed by atoms with Gasteiger partial charge in [0.15, 0.2) is 0 Å². The number of hydrogen-bond donors (Lipinski definition) is 1. The Kier molecular flexibility index (Phi) is 3.72. The quantitative estimate of drug-likeness (QED) is 0.910. The van der Waals surface area contributed by atoms with E-state index in [2.05, 4.69) is 37.5 Å². The lowest BCUT2D eigenvalue weighted by molar-refractivity contribution is 0.0597. The number of hydrogen-bond acceptors (Lipinski definition) is 3. The van der Waals surface area contributed by atoms with E-state index in [1.165, 1.54) is 10.4 Å². The van der Waals surface area contributed by atoms with Crippen LogP contribution in [0.1, 0.15) is 47.2 Å². The number of thiophene rings is 1. The second kappa shape index (κ2) is 5.53. The van der Waals surface area contributed by atoms with Gasteiger partial charge in [-0.3, -0.25) is 4.79 Å². The van der Waals surface area contributed by atoms with Crippen molar-refractivity contribution in [1.29, 1.82) is 0 Å². The SMILES string of the molecule is CC[C@@H](C)N1C(=O)c2ccccc2N[C@H]1c1sccc1C. The molecule has 3 nitrogen and oxygen atoms in total. The second-order valence-corrected chi connectivity index (χ2v) is 6.48. The molecule has 1 amide bonds. The van der Waals surface area contributed by atoms with Crippen molar-refractivity contribution in [2.24, 2.45) is 0 Å². The first-order valence-electron chi connectivity index (χ1n) is 7.35. The highest BCUT2D eigenvalue weighted by Gasteiger charge is 2.36. The number of fused-ring (bicyclic) bond motifs is 1. The number of amides is 1. The molecule has 21 heavy (non-hydrogen) atoms. The third-order valence-electron chi connectivity index (χ3n) is 4.18. The van der Waals surface area contributed by atoms with Gasteiger partial charge in [-0.2, -0.15) is 0 Å². The molecule has 1 aliphatic heterocycles. The molecule has 0 unspecified atom stereocenters. The van der Waals surface area contributed by atoms with E-state index >= 15 is 0 Å². The smallest absolute Gasteiger partial charge is 0.258 e. The van der Waals surface area contributed by atoms with Gasteiger partial charge in [-0.15, -0.1) is 11.3 Å². The Balaban J connectivity index is 2.10. The van der Waals surface area contributed by atoms with Crippen LogP contribution in [-0.2, 0) is 0 Å². The summed E-state index contributed by atoms with van der Waals surface area (Å²) >= 11 is 1.71. The molecule has 0 fully saturated rings. The van der Waals surface area contributed by atoms with E-state index in [1.54, 1.807) is 11.3 Å². The summed E-state index contributed by atoms with van der Waals surface area (Å²) in [5.41, 5.74) is 2.93. The van der Waals surface area contributed by atoms with Gasteiger partial charge in [0.25, 0.3) is 5.91 Å². The number of carbonyl (C=O) groups is 1. The summed E-state index contributed by atoms with van der Waals surface area (Å²) in [5.74, 6) is 0.122. The van der Waals surface area contributed by atoms with Gasteiger partial charge in [0, 0.05) is 11.7 Å². The van der Waals surface area contributed by atoms with Crippen molar-refractivity contribution in [2.45, 2.75) is 39.4 Å². The van der Waals surface area contributed by atoms with Crippen molar-refractivity contribution in [2.75, 3.05) is 5.32 Å². The Morgan fingerprint density at radius 1 is 1.33 bits per heavy atom. The first-order valence-corrected chi connectivity index (χ1v) is 8.23. The molecule has 0 radical (unpaired) electrons. The molecule has 0 saturated heterocycles. The first-order chi connectivity index (χ1) is 10.1. The molecule has 0 aliphatic carbocycles. The highest BCUT2D eigenvalue weighted by atomic mass is 32.1. The zero-order valence-corrected chi connectivity index (χ0v) is 13.4. The summed E-state index contributed by atoms with van der Waals surface area (Å²) in [7, 11) is 0. The Labute approximate surface area is 129 Å². The fourth-order valence-corrected chi connectivity index (χ4v) is 3.75. The molecule has 2 heterocycles. The van der Waals surface area contributed by atoms with E-state index in [9.17, 15) is 4.79 Å². The highest BCUT2D eigenvalue weighted by Crippen LogP contribution is 2.37. The van der Waals surface area contributed by atoms with Crippen LogP contribution in [0.5, 0.6) is 0 Å². The van der Waals surface area contributed by atoms with Crippen molar-refractivity contribution in [1.82, 2.24) is 4.90 Å².